The molecule has 1 aromatic rings. The van der Waals surface area contributed by atoms with Crippen LogP contribution in [0.2, 0.25) is 0 Å². The summed E-state index contributed by atoms with van der Waals surface area (Å²) in [4.78, 5) is 15.0. The molecule has 1 aromatic heterocycles. The molecule has 0 radical (unpaired) electrons. The van der Waals surface area contributed by atoms with Crippen molar-refractivity contribution in [2.75, 3.05) is 11.9 Å². The van der Waals surface area contributed by atoms with Gasteiger partial charge < -0.3 is 15.2 Å². The van der Waals surface area contributed by atoms with Crippen LogP contribution in [-0.2, 0) is 4.74 Å². The van der Waals surface area contributed by atoms with Crippen molar-refractivity contribution in [2.24, 2.45) is 5.92 Å². The zero-order valence-corrected chi connectivity index (χ0v) is 10.7. The number of carbonyl (C=O) groups is 1. The summed E-state index contributed by atoms with van der Waals surface area (Å²) in [6, 6.07) is 5.37. The summed E-state index contributed by atoms with van der Waals surface area (Å²) in [6.45, 7) is 0.775. The lowest BCUT2D eigenvalue weighted by Crippen LogP contribution is -2.35. The Kier molecular flexibility index (Phi) is 3.38. The molecule has 0 spiro atoms. The first-order valence-electron chi connectivity index (χ1n) is 6.81. The first kappa shape index (κ1) is 12.4. The molecule has 2 aliphatic rings. The zero-order chi connectivity index (χ0) is 13.2. The number of hydrogen-bond donors (Lipinski definition) is 2. The maximum absolute atomic E-state index is 10.9. The number of nitrogens with one attached hydrogen (secondary N) is 1. The average molecular weight is 262 g/mol. The summed E-state index contributed by atoms with van der Waals surface area (Å²) in [6.07, 6.45) is 4.87. The molecule has 2 atom stereocenters. The third-order valence-electron chi connectivity index (χ3n) is 3.78. The van der Waals surface area contributed by atoms with Gasteiger partial charge in [-0.15, -0.1) is 0 Å². The van der Waals surface area contributed by atoms with Crippen molar-refractivity contribution in [3.63, 3.8) is 0 Å². The molecule has 102 valence electrons. The first-order chi connectivity index (χ1) is 9.22. The number of ether oxygens (including phenoxy) is 1. The molecule has 2 heterocycles. The minimum atomic E-state index is -0.994. The second kappa shape index (κ2) is 5.17. The molecule has 0 aromatic carbocycles. The highest BCUT2D eigenvalue weighted by molar-refractivity contribution is 5.85. The molecule has 1 saturated carbocycles. The summed E-state index contributed by atoms with van der Waals surface area (Å²) in [5, 5.41) is 12.3. The van der Waals surface area contributed by atoms with Gasteiger partial charge in [-0.05, 0) is 43.7 Å². The molecule has 0 amide bonds. The maximum atomic E-state index is 10.9. The lowest BCUT2D eigenvalue weighted by Gasteiger charge is -2.30. The number of aromatic carboxylic acids is 1. The number of hydrogen-bond acceptors (Lipinski definition) is 4. The van der Waals surface area contributed by atoms with Gasteiger partial charge in [0, 0.05) is 12.6 Å². The van der Waals surface area contributed by atoms with E-state index < -0.39 is 5.97 Å². The zero-order valence-electron chi connectivity index (χ0n) is 10.7. The Hall–Kier alpha value is -1.62. The topological polar surface area (TPSA) is 71.5 Å². The Morgan fingerprint density at radius 2 is 2.21 bits per heavy atom. The molecule has 2 fully saturated rings. The van der Waals surface area contributed by atoms with Crippen molar-refractivity contribution < 1.29 is 14.6 Å². The van der Waals surface area contributed by atoms with Crippen LogP contribution in [0.15, 0.2) is 18.2 Å². The fourth-order valence-electron chi connectivity index (χ4n) is 2.60. The Morgan fingerprint density at radius 3 is 2.95 bits per heavy atom. The quantitative estimate of drug-likeness (QED) is 0.870. The van der Waals surface area contributed by atoms with Crippen molar-refractivity contribution >= 4 is 11.8 Å². The Balaban J connectivity index is 1.63. The van der Waals surface area contributed by atoms with Gasteiger partial charge in [0.05, 0.1) is 6.10 Å². The summed E-state index contributed by atoms with van der Waals surface area (Å²) in [7, 11) is 0. The van der Waals surface area contributed by atoms with Crippen molar-refractivity contribution in [2.45, 2.75) is 37.8 Å². The number of aromatic nitrogens is 1. The molecule has 2 unspecified atom stereocenters. The van der Waals surface area contributed by atoms with E-state index in [4.69, 9.17) is 9.84 Å². The molecule has 2 N–H and O–H groups in total. The molecule has 0 bridgehead atoms. The normalized spacial score (nSPS) is 26.9. The highest BCUT2D eigenvalue weighted by Gasteiger charge is 2.35. The highest BCUT2D eigenvalue weighted by atomic mass is 16.5. The minimum Gasteiger partial charge on any atom is -0.477 e. The standard InChI is InChI=1S/C14H18N2O3/c17-14(18)11-2-1-3-13(16-11)15-10-6-7-19-12(8-10)9-4-5-9/h1-3,9-10,12H,4-8H2,(H,15,16)(H,17,18). The molecular formula is C14H18N2O3. The largest absolute Gasteiger partial charge is 0.477 e. The van der Waals surface area contributed by atoms with E-state index in [1.165, 1.54) is 18.9 Å². The van der Waals surface area contributed by atoms with Gasteiger partial charge >= 0.3 is 5.97 Å². The molecule has 1 aliphatic carbocycles. The van der Waals surface area contributed by atoms with E-state index in [-0.39, 0.29) is 5.69 Å². The fourth-order valence-corrected chi connectivity index (χ4v) is 2.60. The summed E-state index contributed by atoms with van der Waals surface area (Å²) >= 11 is 0. The van der Waals surface area contributed by atoms with E-state index in [2.05, 4.69) is 10.3 Å². The first-order valence-corrected chi connectivity index (χ1v) is 6.81. The molecular weight excluding hydrogens is 244 g/mol. The van der Waals surface area contributed by atoms with Crippen LogP contribution in [-0.4, -0.2) is 34.8 Å². The van der Waals surface area contributed by atoms with Crippen LogP contribution < -0.4 is 5.32 Å². The third kappa shape index (κ3) is 3.04. The van der Waals surface area contributed by atoms with Gasteiger partial charge in [0.1, 0.15) is 5.82 Å². The van der Waals surface area contributed by atoms with E-state index in [9.17, 15) is 4.79 Å². The SMILES string of the molecule is O=C(O)c1cccc(NC2CCOC(C3CC3)C2)n1. The van der Waals surface area contributed by atoms with Crippen molar-refractivity contribution in [3.8, 4) is 0 Å². The summed E-state index contributed by atoms with van der Waals surface area (Å²) in [5.41, 5.74) is 0.0794. The van der Waals surface area contributed by atoms with Crippen LogP contribution in [0.5, 0.6) is 0 Å². The number of carboxylic acid groups (broad SMARTS) is 1. The maximum Gasteiger partial charge on any atom is 0.354 e. The van der Waals surface area contributed by atoms with Gasteiger partial charge in [0.25, 0.3) is 0 Å². The van der Waals surface area contributed by atoms with Crippen LogP contribution in [0.3, 0.4) is 0 Å². The molecule has 1 aliphatic heterocycles. The summed E-state index contributed by atoms with van der Waals surface area (Å²) < 4.78 is 5.78. The number of carboxylic acids is 1. The third-order valence-corrected chi connectivity index (χ3v) is 3.78. The minimum absolute atomic E-state index is 0.0794. The van der Waals surface area contributed by atoms with Gasteiger partial charge in [-0.1, -0.05) is 6.07 Å². The van der Waals surface area contributed by atoms with Crippen LogP contribution in [0.4, 0.5) is 5.82 Å². The van der Waals surface area contributed by atoms with Crippen molar-refractivity contribution in [3.05, 3.63) is 23.9 Å². The van der Waals surface area contributed by atoms with Crippen LogP contribution in [0.25, 0.3) is 0 Å². The molecule has 3 rings (SSSR count). The second-order valence-corrected chi connectivity index (χ2v) is 5.33. The Bertz CT molecular complexity index is 474. The van der Waals surface area contributed by atoms with E-state index in [0.29, 0.717) is 18.0 Å². The van der Waals surface area contributed by atoms with Gasteiger partial charge in [-0.3, -0.25) is 0 Å². The van der Waals surface area contributed by atoms with E-state index in [1.54, 1.807) is 6.07 Å². The van der Waals surface area contributed by atoms with Gasteiger partial charge in [0.2, 0.25) is 0 Å². The summed E-state index contributed by atoms with van der Waals surface area (Å²) in [5.74, 6) is 0.385. The monoisotopic (exact) mass is 262 g/mol. The molecule has 1 saturated heterocycles. The predicted molar refractivity (Wildman–Crippen MR) is 70.3 cm³/mol. The van der Waals surface area contributed by atoms with Gasteiger partial charge in [-0.2, -0.15) is 0 Å². The number of pyridine rings is 1. The van der Waals surface area contributed by atoms with E-state index in [0.717, 1.165) is 25.4 Å². The van der Waals surface area contributed by atoms with E-state index in [1.807, 2.05) is 6.07 Å². The fraction of sp³-hybridized carbons (Fsp3) is 0.571. The number of rotatable bonds is 4. The Labute approximate surface area is 112 Å². The predicted octanol–water partition coefficient (Wildman–Crippen LogP) is 2.15. The lowest BCUT2D eigenvalue weighted by molar-refractivity contribution is -0.00224. The Morgan fingerprint density at radius 1 is 1.37 bits per heavy atom. The van der Waals surface area contributed by atoms with Crippen LogP contribution in [0, 0.1) is 5.92 Å². The van der Waals surface area contributed by atoms with E-state index >= 15 is 0 Å². The smallest absolute Gasteiger partial charge is 0.354 e. The molecule has 5 nitrogen and oxygen atoms in total. The highest BCUT2D eigenvalue weighted by Crippen LogP contribution is 2.38. The van der Waals surface area contributed by atoms with Crippen LogP contribution in [0.1, 0.15) is 36.2 Å². The number of anilines is 1. The van der Waals surface area contributed by atoms with Crippen molar-refractivity contribution in [1.29, 1.82) is 0 Å². The lowest BCUT2D eigenvalue weighted by atomic mass is 10.00. The van der Waals surface area contributed by atoms with Gasteiger partial charge in [0.15, 0.2) is 5.69 Å². The second-order valence-electron chi connectivity index (χ2n) is 5.33. The average Bonchev–Trinajstić information content (AvgIpc) is 3.23. The number of nitrogens with zero attached hydrogens (tertiary/aromatic N) is 1. The van der Waals surface area contributed by atoms with Crippen LogP contribution >= 0.6 is 0 Å². The van der Waals surface area contributed by atoms with Gasteiger partial charge in [-0.25, -0.2) is 9.78 Å². The molecule has 19 heavy (non-hydrogen) atoms. The van der Waals surface area contributed by atoms with Crippen molar-refractivity contribution in [1.82, 2.24) is 4.98 Å². The molecule has 5 heteroatoms.